The zero-order chi connectivity index (χ0) is 16.8. The van der Waals surface area contributed by atoms with Crippen molar-refractivity contribution in [2.45, 2.75) is 0 Å². The number of hydrogen-bond donors (Lipinski definition) is 0. The topological polar surface area (TPSA) is 17.6 Å². The monoisotopic (exact) mass is 318 g/mol. The van der Waals surface area contributed by atoms with E-state index in [1.54, 1.807) is 0 Å². The highest BCUT2D eigenvalue weighted by molar-refractivity contribution is 5.77. The molecule has 4 nitrogen and oxygen atoms in total. The number of imidazole rings is 2. The van der Waals surface area contributed by atoms with Gasteiger partial charge in [-0.1, -0.05) is 24.3 Å². The predicted octanol–water partition coefficient (Wildman–Crippen LogP) is 2.49. The maximum atomic E-state index is 2.23. The van der Waals surface area contributed by atoms with Crippen molar-refractivity contribution in [1.29, 1.82) is 0 Å². The molecule has 0 aliphatic heterocycles. The molecule has 0 bridgehead atoms. The number of nitrogens with zero attached hydrogens (tertiary/aromatic N) is 4. The lowest BCUT2D eigenvalue weighted by Gasteiger charge is -1.93. The van der Waals surface area contributed by atoms with Gasteiger partial charge in [0.2, 0.25) is 0 Å². The average Bonchev–Trinajstić information content (AvgIpc) is 3.00. The molecule has 0 aliphatic rings. The highest BCUT2D eigenvalue weighted by atomic mass is 15.2. The molecule has 2 aromatic heterocycles. The maximum Gasteiger partial charge on any atom is 0.282 e. The molecule has 0 N–H and O–H groups in total. The number of para-hydroxylation sites is 4. The van der Waals surface area contributed by atoms with Crippen molar-refractivity contribution < 1.29 is 9.13 Å². The lowest BCUT2D eigenvalue weighted by atomic mass is 10.3. The Bertz CT molecular complexity index is 930. The molecule has 0 atom stereocenters. The van der Waals surface area contributed by atoms with Crippen molar-refractivity contribution in [3.8, 4) is 0 Å². The average molecular weight is 318 g/mol. The summed E-state index contributed by atoms with van der Waals surface area (Å²) < 4.78 is 8.92. The SMILES string of the molecule is Cn1c(/C=C/c2n(C)c3ccccc3[n+]2C)[n+](C)c2ccccc21. The summed E-state index contributed by atoms with van der Waals surface area (Å²) in [5, 5.41) is 0. The fourth-order valence-electron chi connectivity index (χ4n) is 3.60. The molecule has 2 aromatic carbocycles. The first-order valence-corrected chi connectivity index (χ1v) is 8.14. The van der Waals surface area contributed by atoms with E-state index in [-0.39, 0.29) is 0 Å². The summed E-state index contributed by atoms with van der Waals surface area (Å²) in [6, 6.07) is 17.0. The number of fused-ring (bicyclic) bond motifs is 2. The lowest BCUT2D eigenvalue weighted by molar-refractivity contribution is -0.648. The highest BCUT2D eigenvalue weighted by Gasteiger charge is 2.20. The molecule has 0 saturated heterocycles. The summed E-state index contributed by atoms with van der Waals surface area (Å²) >= 11 is 0. The molecular formula is C20H22N4+2. The van der Waals surface area contributed by atoms with Crippen LogP contribution in [0.3, 0.4) is 0 Å². The Morgan fingerprint density at radius 3 is 1.42 bits per heavy atom. The third-order valence-electron chi connectivity index (χ3n) is 4.96. The molecule has 4 rings (SSSR count). The number of benzene rings is 2. The largest absolute Gasteiger partial charge is 0.282 e. The summed E-state index contributed by atoms with van der Waals surface area (Å²) in [7, 11) is 8.46. The first-order chi connectivity index (χ1) is 11.6. The Labute approximate surface area is 141 Å². The normalized spacial score (nSPS) is 12.0. The molecule has 120 valence electrons. The quantitative estimate of drug-likeness (QED) is 0.506. The van der Waals surface area contributed by atoms with Crippen LogP contribution in [0.2, 0.25) is 0 Å². The zero-order valence-electron chi connectivity index (χ0n) is 14.6. The molecule has 4 aromatic rings. The van der Waals surface area contributed by atoms with Gasteiger partial charge < -0.3 is 0 Å². The minimum atomic E-state index is 1.17. The molecule has 0 saturated carbocycles. The van der Waals surface area contributed by atoms with E-state index in [0.29, 0.717) is 0 Å². The van der Waals surface area contributed by atoms with Crippen molar-refractivity contribution in [3.63, 3.8) is 0 Å². The molecule has 0 aliphatic carbocycles. The van der Waals surface area contributed by atoms with Gasteiger partial charge in [-0.3, -0.25) is 0 Å². The van der Waals surface area contributed by atoms with Crippen LogP contribution in [0.25, 0.3) is 34.2 Å². The molecule has 0 fully saturated rings. The van der Waals surface area contributed by atoms with E-state index in [4.69, 9.17) is 0 Å². The van der Waals surface area contributed by atoms with E-state index in [1.165, 1.54) is 33.7 Å². The van der Waals surface area contributed by atoms with Gasteiger partial charge in [-0.25, -0.2) is 18.3 Å². The maximum absolute atomic E-state index is 2.23. The second kappa shape index (κ2) is 5.34. The van der Waals surface area contributed by atoms with Crippen LogP contribution >= 0.6 is 0 Å². The number of rotatable bonds is 2. The second-order valence-corrected chi connectivity index (χ2v) is 6.26. The van der Waals surface area contributed by atoms with Crippen LogP contribution in [0.4, 0.5) is 0 Å². The number of hydrogen-bond acceptors (Lipinski definition) is 0. The Morgan fingerprint density at radius 1 is 0.667 bits per heavy atom. The van der Waals surface area contributed by atoms with Gasteiger partial charge in [-0.05, 0) is 24.3 Å². The van der Waals surface area contributed by atoms with Gasteiger partial charge in [0.1, 0.15) is 0 Å². The van der Waals surface area contributed by atoms with Gasteiger partial charge in [-0.2, -0.15) is 0 Å². The van der Waals surface area contributed by atoms with Gasteiger partial charge in [0.25, 0.3) is 11.6 Å². The van der Waals surface area contributed by atoms with E-state index < -0.39 is 0 Å². The van der Waals surface area contributed by atoms with E-state index in [0.717, 1.165) is 0 Å². The van der Waals surface area contributed by atoms with Crippen LogP contribution in [-0.4, -0.2) is 9.13 Å². The first kappa shape index (κ1) is 14.7. The Kier molecular flexibility index (Phi) is 3.27. The fourth-order valence-corrected chi connectivity index (χ4v) is 3.60. The number of aryl methyl sites for hydroxylation is 4. The molecule has 4 heteroatoms. The molecule has 0 amide bonds. The van der Waals surface area contributed by atoms with Gasteiger partial charge in [0.05, 0.1) is 28.2 Å². The van der Waals surface area contributed by atoms with E-state index >= 15 is 0 Å². The lowest BCUT2D eigenvalue weighted by Crippen LogP contribution is -2.32. The molecule has 24 heavy (non-hydrogen) atoms. The third-order valence-corrected chi connectivity index (χ3v) is 4.96. The predicted molar refractivity (Wildman–Crippen MR) is 97.1 cm³/mol. The third kappa shape index (κ3) is 1.99. The molecule has 0 radical (unpaired) electrons. The van der Waals surface area contributed by atoms with Crippen molar-refractivity contribution >= 4 is 34.2 Å². The van der Waals surface area contributed by atoms with Crippen LogP contribution in [0, 0.1) is 0 Å². The summed E-state index contributed by atoms with van der Waals surface area (Å²) in [4.78, 5) is 0. The summed E-state index contributed by atoms with van der Waals surface area (Å²) in [6.45, 7) is 0. The van der Waals surface area contributed by atoms with Crippen molar-refractivity contribution in [1.82, 2.24) is 9.13 Å². The van der Waals surface area contributed by atoms with Crippen molar-refractivity contribution in [2.24, 2.45) is 28.2 Å². The summed E-state index contributed by atoms with van der Waals surface area (Å²) in [5.74, 6) is 2.34. The molecule has 2 heterocycles. The van der Waals surface area contributed by atoms with Crippen LogP contribution in [0.1, 0.15) is 11.6 Å². The van der Waals surface area contributed by atoms with Crippen molar-refractivity contribution in [2.75, 3.05) is 0 Å². The summed E-state index contributed by atoms with van der Waals surface area (Å²) in [5.41, 5.74) is 4.95. The summed E-state index contributed by atoms with van der Waals surface area (Å²) in [6.07, 6.45) is 4.38. The Balaban J connectivity index is 1.88. The van der Waals surface area contributed by atoms with Gasteiger partial charge >= 0.3 is 0 Å². The van der Waals surface area contributed by atoms with Gasteiger partial charge in [0.15, 0.2) is 22.1 Å². The first-order valence-electron chi connectivity index (χ1n) is 8.14. The van der Waals surface area contributed by atoms with E-state index in [9.17, 15) is 0 Å². The van der Waals surface area contributed by atoms with Crippen LogP contribution in [-0.2, 0) is 28.2 Å². The van der Waals surface area contributed by atoms with Crippen LogP contribution < -0.4 is 9.13 Å². The molecule has 0 spiro atoms. The standard InChI is InChI=1S/C20H22N4/c1-21-15-9-5-6-10-16(15)22(2)19(21)13-14-20-23(3)17-11-7-8-12-18(17)24(20)4/h5-14H,1-4H3/q+2. The van der Waals surface area contributed by atoms with Crippen molar-refractivity contribution in [3.05, 3.63) is 60.2 Å². The zero-order valence-corrected chi connectivity index (χ0v) is 14.6. The van der Waals surface area contributed by atoms with Gasteiger partial charge in [-0.15, -0.1) is 0 Å². The smallest absolute Gasteiger partial charge is 0.226 e. The molecular weight excluding hydrogens is 296 g/mol. The van der Waals surface area contributed by atoms with E-state index in [2.05, 4.69) is 107 Å². The minimum absolute atomic E-state index is 1.17. The van der Waals surface area contributed by atoms with Gasteiger partial charge in [0, 0.05) is 12.2 Å². The molecule has 0 unspecified atom stereocenters. The van der Waals surface area contributed by atoms with E-state index in [1.807, 2.05) is 0 Å². The van der Waals surface area contributed by atoms with Crippen LogP contribution in [0.15, 0.2) is 48.5 Å². The van der Waals surface area contributed by atoms with Crippen LogP contribution in [0.5, 0.6) is 0 Å². The second-order valence-electron chi connectivity index (χ2n) is 6.26. The number of aromatic nitrogens is 4. The minimum Gasteiger partial charge on any atom is -0.226 e. The Morgan fingerprint density at radius 2 is 1.04 bits per heavy atom. The Hall–Kier alpha value is -2.88. The fraction of sp³-hybridized carbons (Fsp3) is 0.200. The highest BCUT2D eigenvalue weighted by Crippen LogP contribution is 2.16.